The Hall–Kier alpha value is -3.79. The van der Waals surface area contributed by atoms with Crippen LogP contribution in [0.1, 0.15) is 11.1 Å². The Balaban J connectivity index is 1.74. The number of rotatable bonds is 6. The summed E-state index contributed by atoms with van der Waals surface area (Å²) in [5, 5.41) is 12.9. The maximum atomic E-state index is 11.8. The first-order valence-electron chi connectivity index (χ1n) is 8.36. The van der Waals surface area contributed by atoms with Crippen molar-refractivity contribution < 1.29 is 19.2 Å². The van der Waals surface area contributed by atoms with Crippen molar-refractivity contribution in [1.29, 1.82) is 0 Å². The average Bonchev–Trinajstić information content (AvgIpc) is 2.70. The van der Waals surface area contributed by atoms with Gasteiger partial charge in [-0.1, -0.05) is 30.3 Å². The molecule has 3 N–H and O–H groups in total. The third-order valence-corrected chi connectivity index (χ3v) is 3.72. The van der Waals surface area contributed by atoms with Crippen molar-refractivity contribution in [2.75, 3.05) is 6.61 Å². The molecule has 2 aromatic carbocycles. The normalized spacial score (nSPS) is 10.2. The Morgan fingerprint density at radius 1 is 1.17 bits per heavy atom. The van der Waals surface area contributed by atoms with Gasteiger partial charge in [0.05, 0.1) is 4.92 Å². The molecule has 0 heterocycles. The maximum absolute atomic E-state index is 11.8. The van der Waals surface area contributed by atoms with Gasteiger partial charge in [-0.3, -0.25) is 35.9 Å². The Morgan fingerprint density at radius 3 is 2.66 bits per heavy atom. The predicted molar refractivity (Wildman–Crippen MR) is 111 cm³/mol. The summed E-state index contributed by atoms with van der Waals surface area (Å²) in [4.78, 5) is 33.8. The molecule has 0 aliphatic heterocycles. The number of para-hydroxylation sites is 1. The minimum Gasteiger partial charge on any atom is -0.483 e. The zero-order chi connectivity index (χ0) is 21.2. The lowest BCUT2D eigenvalue weighted by molar-refractivity contribution is -0.384. The SMILES string of the molecule is Cc1ccccc1OCC(=O)NNC(=S)NC(=O)/C=C/c1cccc([N+](=O)[O-])c1. The van der Waals surface area contributed by atoms with Crippen LogP contribution in [0.15, 0.2) is 54.6 Å². The number of hydrazine groups is 1. The van der Waals surface area contributed by atoms with E-state index in [1.54, 1.807) is 18.2 Å². The van der Waals surface area contributed by atoms with Gasteiger partial charge in [-0.2, -0.15) is 0 Å². The molecule has 0 spiro atoms. The molecule has 0 aliphatic carbocycles. The number of carbonyl (C=O) groups is 2. The van der Waals surface area contributed by atoms with Crippen molar-refractivity contribution in [3.8, 4) is 5.75 Å². The highest BCUT2D eigenvalue weighted by Crippen LogP contribution is 2.15. The second-order valence-corrected chi connectivity index (χ2v) is 6.14. The van der Waals surface area contributed by atoms with E-state index in [1.165, 1.54) is 24.3 Å². The molecule has 150 valence electrons. The number of aryl methyl sites for hydroxylation is 1. The number of nitrogens with zero attached hydrogens (tertiary/aromatic N) is 1. The molecule has 2 amide bonds. The fraction of sp³-hybridized carbons (Fsp3) is 0.105. The number of non-ortho nitro benzene ring substituents is 1. The number of amides is 2. The minimum atomic E-state index is -0.570. The molecule has 0 bridgehead atoms. The van der Waals surface area contributed by atoms with Crippen molar-refractivity contribution in [1.82, 2.24) is 16.2 Å². The lowest BCUT2D eigenvalue weighted by atomic mass is 10.2. The molecular weight excluding hydrogens is 396 g/mol. The van der Waals surface area contributed by atoms with Crippen LogP contribution in [0.3, 0.4) is 0 Å². The number of carbonyl (C=O) groups excluding carboxylic acids is 2. The van der Waals surface area contributed by atoms with Crippen LogP contribution in [0.25, 0.3) is 6.08 Å². The van der Waals surface area contributed by atoms with Crippen LogP contribution >= 0.6 is 12.2 Å². The second kappa shape index (κ2) is 10.5. The van der Waals surface area contributed by atoms with E-state index in [4.69, 9.17) is 17.0 Å². The Bertz CT molecular complexity index is 961. The van der Waals surface area contributed by atoms with Gasteiger partial charge >= 0.3 is 0 Å². The molecule has 0 aromatic heterocycles. The molecule has 2 rings (SSSR count). The molecule has 0 aliphatic rings. The van der Waals surface area contributed by atoms with Crippen molar-refractivity contribution >= 4 is 40.9 Å². The lowest BCUT2D eigenvalue weighted by Gasteiger charge is -2.11. The summed E-state index contributed by atoms with van der Waals surface area (Å²) in [6.07, 6.45) is 2.57. The first-order chi connectivity index (χ1) is 13.8. The third-order valence-electron chi connectivity index (χ3n) is 3.51. The fourth-order valence-corrected chi connectivity index (χ4v) is 2.27. The van der Waals surface area contributed by atoms with Gasteiger partial charge in [-0.25, -0.2) is 0 Å². The van der Waals surface area contributed by atoms with E-state index >= 15 is 0 Å². The highest BCUT2D eigenvalue weighted by molar-refractivity contribution is 7.80. The van der Waals surface area contributed by atoms with Crippen molar-refractivity contribution in [2.24, 2.45) is 0 Å². The van der Waals surface area contributed by atoms with Crippen LogP contribution in [0, 0.1) is 17.0 Å². The molecule has 0 saturated carbocycles. The van der Waals surface area contributed by atoms with Crippen LogP contribution < -0.4 is 20.9 Å². The molecule has 29 heavy (non-hydrogen) atoms. The van der Waals surface area contributed by atoms with Gasteiger partial charge in [0.1, 0.15) is 5.75 Å². The quantitative estimate of drug-likeness (QED) is 0.286. The van der Waals surface area contributed by atoms with Crippen LogP contribution in [0.5, 0.6) is 5.75 Å². The second-order valence-electron chi connectivity index (χ2n) is 5.73. The van der Waals surface area contributed by atoms with Crippen molar-refractivity contribution in [3.05, 3.63) is 75.8 Å². The number of hydrogen-bond donors (Lipinski definition) is 3. The number of nitro groups is 1. The van der Waals surface area contributed by atoms with E-state index in [1.807, 2.05) is 19.1 Å². The standard InChI is InChI=1S/C19H18N4O5S/c1-13-5-2-3-8-16(13)28-12-18(25)21-22-19(29)20-17(24)10-9-14-6-4-7-15(11-14)23(26)27/h2-11H,12H2,1H3,(H,21,25)(H2,20,22,24,29)/b10-9+. The topological polar surface area (TPSA) is 123 Å². The zero-order valence-corrected chi connectivity index (χ0v) is 16.2. The van der Waals surface area contributed by atoms with Gasteiger partial charge in [0.2, 0.25) is 5.91 Å². The van der Waals surface area contributed by atoms with Gasteiger partial charge in [0.15, 0.2) is 11.7 Å². The highest BCUT2D eigenvalue weighted by atomic mass is 32.1. The zero-order valence-electron chi connectivity index (χ0n) is 15.4. The summed E-state index contributed by atoms with van der Waals surface area (Å²) in [6.45, 7) is 1.62. The van der Waals surface area contributed by atoms with E-state index in [0.717, 1.165) is 11.6 Å². The number of benzene rings is 2. The van der Waals surface area contributed by atoms with E-state index in [9.17, 15) is 19.7 Å². The van der Waals surface area contributed by atoms with E-state index in [-0.39, 0.29) is 17.4 Å². The van der Waals surface area contributed by atoms with Gasteiger partial charge in [-0.15, -0.1) is 0 Å². The van der Waals surface area contributed by atoms with Gasteiger partial charge in [0, 0.05) is 18.2 Å². The molecule has 0 fully saturated rings. The molecule has 0 saturated heterocycles. The first kappa shape index (κ1) is 21.5. The van der Waals surface area contributed by atoms with Crippen LogP contribution in [0.2, 0.25) is 0 Å². The van der Waals surface area contributed by atoms with E-state index in [0.29, 0.717) is 11.3 Å². The fourth-order valence-electron chi connectivity index (χ4n) is 2.12. The Morgan fingerprint density at radius 2 is 1.93 bits per heavy atom. The summed E-state index contributed by atoms with van der Waals surface area (Å²) in [7, 11) is 0. The van der Waals surface area contributed by atoms with Crippen LogP contribution in [0.4, 0.5) is 5.69 Å². The van der Waals surface area contributed by atoms with E-state index < -0.39 is 16.7 Å². The number of thiocarbonyl (C=S) groups is 1. The highest BCUT2D eigenvalue weighted by Gasteiger charge is 2.07. The maximum Gasteiger partial charge on any atom is 0.276 e. The number of ether oxygens (including phenoxy) is 1. The molecule has 0 unspecified atom stereocenters. The summed E-state index contributed by atoms with van der Waals surface area (Å²) in [5.41, 5.74) is 5.98. The van der Waals surface area contributed by atoms with E-state index in [2.05, 4.69) is 16.2 Å². The lowest BCUT2D eigenvalue weighted by Crippen LogP contribution is -2.49. The molecular formula is C19H18N4O5S. The van der Waals surface area contributed by atoms with Crippen LogP contribution in [-0.4, -0.2) is 28.5 Å². The molecule has 0 radical (unpaired) electrons. The largest absolute Gasteiger partial charge is 0.483 e. The van der Waals surface area contributed by atoms with Gasteiger partial charge < -0.3 is 4.74 Å². The van der Waals surface area contributed by atoms with Crippen molar-refractivity contribution in [3.63, 3.8) is 0 Å². The molecule has 0 atom stereocenters. The number of hydrogen-bond acceptors (Lipinski definition) is 6. The summed E-state index contributed by atoms with van der Waals surface area (Å²) in [5.74, 6) is -0.471. The summed E-state index contributed by atoms with van der Waals surface area (Å²) in [6, 6.07) is 13.1. The minimum absolute atomic E-state index is 0.0830. The number of nitrogens with one attached hydrogen (secondary N) is 3. The Labute approximate surface area is 171 Å². The average molecular weight is 414 g/mol. The van der Waals surface area contributed by atoms with Gasteiger partial charge in [-0.05, 0) is 42.4 Å². The first-order valence-corrected chi connectivity index (χ1v) is 8.77. The summed E-state index contributed by atoms with van der Waals surface area (Å²) < 4.78 is 5.38. The van der Waals surface area contributed by atoms with Crippen LogP contribution in [-0.2, 0) is 9.59 Å². The van der Waals surface area contributed by atoms with Gasteiger partial charge in [0.25, 0.3) is 11.6 Å². The third kappa shape index (κ3) is 7.39. The predicted octanol–water partition coefficient (Wildman–Crippen LogP) is 2.02. The smallest absolute Gasteiger partial charge is 0.276 e. The molecule has 2 aromatic rings. The number of nitro benzene ring substituents is 1. The monoisotopic (exact) mass is 414 g/mol. The van der Waals surface area contributed by atoms with Crippen molar-refractivity contribution in [2.45, 2.75) is 6.92 Å². The Kier molecular flexibility index (Phi) is 7.80. The molecule has 10 heteroatoms. The molecule has 9 nitrogen and oxygen atoms in total. The summed E-state index contributed by atoms with van der Waals surface area (Å²) >= 11 is 4.91.